The van der Waals surface area contributed by atoms with Gasteiger partial charge in [-0.2, -0.15) is 0 Å². The lowest BCUT2D eigenvalue weighted by atomic mass is 9.87. The van der Waals surface area contributed by atoms with Gasteiger partial charge in [0.05, 0.1) is 74.6 Å². The zero-order valence-electron chi connectivity index (χ0n) is 84.3. The predicted octanol–water partition coefficient (Wildman–Crippen LogP) is 26.9. The van der Waals surface area contributed by atoms with Crippen molar-refractivity contribution in [2.75, 3.05) is 0 Å². The molecule has 0 aliphatic heterocycles. The maximum absolute atomic E-state index is 4.69. The molecule has 19 rings (SSSR count). The van der Waals surface area contributed by atoms with Crippen molar-refractivity contribution in [1.29, 1.82) is 0 Å². The first-order valence-electron chi connectivity index (χ1n) is 48.2. The third-order valence-corrected chi connectivity index (χ3v) is 26.4. The molecule has 134 heavy (non-hydrogen) atoms. The number of benzene rings is 12. The Balaban J connectivity index is 0.000000129. The van der Waals surface area contributed by atoms with Crippen LogP contribution in [0.25, 0.3) is 133 Å². The number of nitrogens with zero attached hydrogens (tertiary/aromatic N) is 12. The van der Waals surface area contributed by atoms with E-state index < -0.39 is 0 Å². The van der Waals surface area contributed by atoms with Gasteiger partial charge in [0.1, 0.15) is 34.2 Å². The highest BCUT2D eigenvalue weighted by Crippen LogP contribution is 2.40. The van der Waals surface area contributed by atoms with Crippen molar-refractivity contribution >= 4 is 65.4 Å². The van der Waals surface area contributed by atoms with E-state index in [4.69, 9.17) is 4.98 Å². The first-order chi connectivity index (χ1) is 64.1. The molecule has 0 saturated heterocycles. The molecule has 682 valence electrons. The van der Waals surface area contributed by atoms with E-state index in [9.17, 15) is 0 Å². The fourth-order valence-corrected chi connectivity index (χ4v) is 19.2. The van der Waals surface area contributed by atoms with Crippen LogP contribution in [-0.2, 0) is 61.5 Å². The molecule has 1 aliphatic carbocycles. The summed E-state index contributed by atoms with van der Waals surface area (Å²) in [6.07, 6.45) is 21.3. The molecule has 0 atom stereocenters. The van der Waals surface area contributed by atoms with Crippen LogP contribution in [0.5, 0.6) is 0 Å². The first kappa shape index (κ1) is 96.7. The molecule has 1 saturated carbocycles. The zero-order chi connectivity index (χ0) is 95.6. The summed E-state index contributed by atoms with van der Waals surface area (Å²) in [5.74, 6) is 1.77. The lowest BCUT2D eigenvalue weighted by molar-refractivity contribution is -0.662. The normalized spacial score (nSPS) is 12.2. The summed E-state index contributed by atoms with van der Waals surface area (Å²) in [4.78, 5) is 27.8. The minimum absolute atomic E-state index is 0.284. The van der Waals surface area contributed by atoms with E-state index in [-0.39, 0.29) is 10.8 Å². The average molecular weight is 1770 g/mol. The van der Waals surface area contributed by atoms with Gasteiger partial charge in [-0.25, -0.2) is 27.4 Å². The van der Waals surface area contributed by atoms with Gasteiger partial charge in [-0.05, 0) is 297 Å². The Hall–Kier alpha value is -13.3. The van der Waals surface area contributed by atoms with Crippen LogP contribution in [0.2, 0.25) is 0 Å². The number of fused-ring (bicyclic) bond motifs is 6. The Morgan fingerprint density at radius 3 is 0.858 bits per heavy atom. The summed E-state index contributed by atoms with van der Waals surface area (Å²) in [5.41, 5.74) is 40.8. The number of rotatable bonds is 13. The van der Waals surface area contributed by atoms with Crippen molar-refractivity contribution in [3.05, 3.63) is 359 Å². The zero-order valence-corrected chi connectivity index (χ0v) is 84.3. The highest BCUT2D eigenvalue weighted by atomic mass is 15.0. The molecule has 0 amide bonds. The molecule has 0 unspecified atom stereocenters. The Labute approximate surface area is 797 Å². The van der Waals surface area contributed by atoms with Gasteiger partial charge in [0, 0.05) is 33.4 Å². The minimum atomic E-state index is 0.284. The Bertz CT molecular complexity index is 7150. The van der Waals surface area contributed by atoms with Crippen LogP contribution >= 0.6 is 0 Å². The second-order valence-corrected chi connectivity index (χ2v) is 40.5. The molecule has 1 fully saturated rings. The number of hydrogen-bond donors (Lipinski definition) is 0. The van der Waals surface area contributed by atoms with Gasteiger partial charge in [0.15, 0.2) is 33.1 Å². The Kier molecular flexibility index (Phi) is 30.5. The number of aryl methyl sites for hydroxylation is 14. The highest BCUT2D eigenvalue weighted by Gasteiger charge is 2.27. The second kappa shape index (κ2) is 42.3. The molecule has 0 radical (unpaired) electrons. The Morgan fingerprint density at radius 1 is 0.291 bits per heavy atom. The quantitative estimate of drug-likeness (QED) is 0.107. The molecular formula is C122H140N12+6. The maximum atomic E-state index is 4.69. The van der Waals surface area contributed by atoms with E-state index in [1.54, 1.807) is 0 Å². The van der Waals surface area contributed by atoms with Crippen LogP contribution in [0, 0.1) is 66.2 Å². The summed E-state index contributed by atoms with van der Waals surface area (Å²) < 4.78 is 12.7. The molecule has 12 aromatic carbocycles. The predicted molar refractivity (Wildman–Crippen MR) is 558 cm³/mol. The molecule has 12 nitrogen and oxygen atoms in total. The van der Waals surface area contributed by atoms with Gasteiger partial charge in [0.25, 0.3) is 38.0 Å². The number of hydrogen-bond acceptors (Lipinski definition) is 6. The second-order valence-electron chi connectivity index (χ2n) is 40.5. The van der Waals surface area contributed by atoms with Gasteiger partial charge < -0.3 is 0 Å². The maximum Gasteiger partial charge on any atom is 0.287 e. The van der Waals surface area contributed by atoms with Gasteiger partial charge in [-0.15, -0.1) is 0 Å². The number of aromatic nitrogens is 12. The summed E-state index contributed by atoms with van der Waals surface area (Å²) in [6.45, 7) is 42.1. The Morgan fingerprint density at radius 2 is 0.560 bits per heavy atom. The highest BCUT2D eigenvalue weighted by molar-refractivity contribution is 5.97. The lowest BCUT2D eigenvalue weighted by Gasteiger charge is -2.18. The molecule has 0 spiro atoms. The van der Waals surface area contributed by atoms with Crippen molar-refractivity contribution in [2.24, 2.45) is 53.1 Å². The molecule has 12 heteroatoms. The minimum Gasteiger partial charge on any atom is -0.232 e. The molecule has 6 aromatic heterocycles. The summed E-state index contributed by atoms with van der Waals surface area (Å²) >= 11 is 0. The van der Waals surface area contributed by atoms with Gasteiger partial charge in [-0.3, -0.25) is 0 Å². The lowest BCUT2D eigenvalue weighted by Crippen LogP contribution is -2.32. The third-order valence-electron chi connectivity index (χ3n) is 26.4. The van der Waals surface area contributed by atoms with Crippen LogP contribution < -0.4 is 27.4 Å². The van der Waals surface area contributed by atoms with Crippen molar-refractivity contribution in [1.82, 2.24) is 29.9 Å². The van der Waals surface area contributed by atoms with Crippen molar-refractivity contribution in [3.63, 3.8) is 0 Å². The van der Waals surface area contributed by atoms with E-state index >= 15 is 0 Å². The molecule has 0 N–H and O–H groups in total. The van der Waals surface area contributed by atoms with E-state index in [2.05, 4.69) is 469 Å². The van der Waals surface area contributed by atoms with E-state index in [1.807, 2.05) is 38.0 Å². The fraction of sp³-hybridized carbons (Fsp3) is 0.311. The molecule has 6 heterocycles. The summed E-state index contributed by atoms with van der Waals surface area (Å²) in [5, 5.41) is 7.30. The molecule has 0 bridgehead atoms. The molecule has 18 aromatic rings. The smallest absolute Gasteiger partial charge is 0.232 e. The van der Waals surface area contributed by atoms with Crippen LogP contribution in [0.3, 0.4) is 0 Å². The largest absolute Gasteiger partial charge is 0.287 e. The van der Waals surface area contributed by atoms with Crippen molar-refractivity contribution in [2.45, 2.75) is 201 Å². The van der Waals surface area contributed by atoms with E-state index in [1.165, 1.54) is 203 Å². The molecular weight excluding hydrogens is 1630 g/mol. The van der Waals surface area contributed by atoms with E-state index in [0.29, 0.717) is 11.8 Å². The van der Waals surface area contributed by atoms with Crippen LogP contribution in [0.15, 0.2) is 281 Å². The third kappa shape index (κ3) is 22.6. The molecule has 1 aliphatic rings. The van der Waals surface area contributed by atoms with Crippen molar-refractivity contribution < 1.29 is 27.4 Å². The summed E-state index contributed by atoms with van der Waals surface area (Å²) in [7, 11) is 12.4. The first-order valence-corrected chi connectivity index (χ1v) is 48.2. The van der Waals surface area contributed by atoms with Gasteiger partial charge >= 0.3 is 0 Å². The van der Waals surface area contributed by atoms with E-state index in [0.717, 1.165) is 64.7 Å². The van der Waals surface area contributed by atoms with Crippen LogP contribution in [0.4, 0.5) is 0 Å². The van der Waals surface area contributed by atoms with Crippen molar-refractivity contribution in [3.8, 4) is 67.5 Å². The standard InChI is InChI=1S/C21H23N2.3C21H25N2.2C19H21N2/c1-15-7-3-6-10-18(15)21-19-12-11-17(16-8-4-5-9-16)13-20(19)22-14-23(21)2;1-13(2)17-7-8-18-20(11-17)22-12-23(6)21(18)19-10-14(3)9-15(4)16(19)5;2*1-15-8-6-7-9-17(15)20-18-11-10-16(13-21(2,3)4)12-19(18)22-14-23(20)5;1-13(2)15-9-10-17-18(11-15)20-12-21(4)19(17)16-8-6-5-7-14(16)3;1-4-7-15-10-11-17-18(12-15)20-13-21(3)19(17)16-9-6-5-8-14(16)2/h3,6-7,10-14,16H,4-5,8-9H2,1-2H3;7-13H,1-6H3;2*6-12,14H,13H2,1-5H3;5-13H,1-4H3;5-6,8-13H,4,7H2,1-3H3/q6*+1. The summed E-state index contributed by atoms with van der Waals surface area (Å²) in [6, 6.07) is 87.6. The van der Waals surface area contributed by atoms with Gasteiger partial charge in [-0.1, -0.05) is 265 Å². The van der Waals surface area contributed by atoms with Gasteiger partial charge in [0.2, 0.25) is 0 Å². The van der Waals surface area contributed by atoms with Crippen LogP contribution in [0.1, 0.15) is 204 Å². The topological polar surface area (TPSA) is 101 Å². The fourth-order valence-electron chi connectivity index (χ4n) is 19.2. The van der Waals surface area contributed by atoms with Crippen LogP contribution in [-0.4, -0.2) is 29.9 Å². The SMILES string of the molecule is CCCc1ccc2c(-c3ccccc3C)[n+](C)cnc2c1.Cc1cc(C)c(C)c(-c2c3ccc(C(C)C)cc3nc[n+]2C)c1.Cc1ccccc1-c1c2ccc(C(C)C)cc2nc[n+]1C.Cc1ccccc1-c1c2ccc(C3CCCC3)cc2nc[n+]1C.Cc1ccccc1-c1c2ccc(CC(C)(C)C)cc2nc[n+]1C.Cc1ccccc1-c1c2ccc(CC(C)(C)C)cc2nc[n+]1C. The monoisotopic (exact) mass is 1770 g/mol. The average Bonchev–Trinajstić information content (AvgIpc) is 1.01.